The van der Waals surface area contributed by atoms with Crippen LogP contribution in [0.4, 0.5) is 0 Å². The first-order valence-corrected chi connectivity index (χ1v) is 21.4. The first kappa shape index (κ1) is 36.9. The van der Waals surface area contributed by atoms with E-state index in [1.54, 1.807) is 36.7 Å². The van der Waals surface area contributed by atoms with Crippen LogP contribution in [0.5, 0.6) is 0 Å². The first-order chi connectivity index (χ1) is 17.8. The van der Waals surface area contributed by atoms with Gasteiger partial charge in [0.05, 0.1) is 11.4 Å². The molecule has 0 fully saturated rings. The first-order valence-electron chi connectivity index (χ1n) is 9.51. The van der Waals surface area contributed by atoms with Gasteiger partial charge in [0.2, 0.25) is 0 Å². The largest absolute Gasteiger partial charge is 0.618 e. The molecule has 17 heteroatoms. The second-order valence-corrected chi connectivity index (χ2v) is 27.2. The van der Waals surface area contributed by atoms with Gasteiger partial charge >= 0.3 is 0 Å². The van der Waals surface area contributed by atoms with E-state index in [1.807, 2.05) is 24.3 Å². The zero-order valence-corrected chi connectivity index (χ0v) is 32.6. The highest BCUT2D eigenvalue weighted by molar-refractivity contribution is 9.93. The molecule has 0 saturated carbocycles. The Morgan fingerprint density at radius 3 is 1.21 bits per heavy atom. The van der Waals surface area contributed by atoms with Crippen LogP contribution in [0, 0.1) is 10.4 Å². The number of pyridine rings is 4. The highest BCUT2D eigenvalue weighted by atomic mass is 80.0. The molecular formula is C21H13Br7Cl3N4O2P. The molecule has 204 valence electrons. The fourth-order valence-corrected chi connectivity index (χ4v) is 3.73. The maximum absolute atomic E-state index is 11.6. The van der Waals surface area contributed by atoms with Gasteiger partial charge in [-0.25, -0.2) is 0 Å². The standard InChI is InChI=1S/C10H6Br2N2O2.C10H6Br2N2.CHCl3.Br3P/c11-7-1-3-13(15)9(5-7)10-6-8(12)2-4-14(10)16;11-7-1-3-13-9(5-7)10-6-8(12)2-4-14-10;2-1(3)4;1-4(2)3/h1-6H;1-6H;1H;. The van der Waals surface area contributed by atoms with Crippen molar-refractivity contribution in [3.63, 3.8) is 0 Å². The fourth-order valence-electron chi connectivity index (χ4n) is 2.39. The number of alkyl halides is 3. The highest BCUT2D eigenvalue weighted by Crippen LogP contribution is 2.59. The minimum Gasteiger partial charge on any atom is -0.618 e. The van der Waals surface area contributed by atoms with Gasteiger partial charge in [0.15, 0.2) is 16.7 Å². The Morgan fingerprint density at radius 2 is 0.921 bits per heavy atom. The fraction of sp³-hybridized carbons (Fsp3) is 0.0476. The molecule has 0 aliphatic heterocycles. The van der Waals surface area contributed by atoms with Crippen LogP contribution in [0.3, 0.4) is 0 Å². The lowest BCUT2D eigenvalue weighted by molar-refractivity contribution is -0.625. The Morgan fingerprint density at radius 1 is 0.632 bits per heavy atom. The van der Waals surface area contributed by atoms with Crippen molar-refractivity contribution in [1.29, 1.82) is 0 Å². The third-order valence-corrected chi connectivity index (χ3v) is 5.70. The number of rotatable bonds is 2. The van der Waals surface area contributed by atoms with E-state index < -0.39 is 4.30 Å². The SMILES string of the molecule is BrP(Br)Br.Brc1ccnc(-c2cc(Br)ccn2)c1.ClC(Cl)Cl.[O-][n+]1ccc(Br)cc1-c1cc(Br)cc[n+]1[O-]. The predicted molar refractivity (Wildman–Crippen MR) is 183 cm³/mol. The van der Waals surface area contributed by atoms with E-state index in [4.69, 9.17) is 34.8 Å². The van der Waals surface area contributed by atoms with Crippen LogP contribution in [0.1, 0.15) is 0 Å². The molecule has 4 rings (SSSR count). The molecule has 0 saturated heterocycles. The zero-order chi connectivity index (χ0) is 28.8. The van der Waals surface area contributed by atoms with E-state index in [0.29, 0.717) is 20.8 Å². The topological polar surface area (TPSA) is 79.7 Å². The van der Waals surface area contributed by atoms with Crippen molar-refractivity contribution < 1.29 is 9.46 Å². The van der Waals surface area contributed by atoms with Crippen LogP contribution >= 0.6 is 149 Å². The normalized spacial score (nSPS) is 10.0. The van der Waals surface area contributed by atoms with Crippen LogP contribution in [0.2, 0.25) is 0 Å². The Kier molecular flexibility index (Phi) is 19.3. The molecule has 4 aromatic heterocycles. The number of aromatic nitrogens is 4. The van der Waals surface area contributed by atoms with Crippen LogP contribution in [-0.2, 0) is 0 Å². The van der Waals surface area contributed by atoms with Gasteiger partial charge in [0, 0.05) is 54.6 Å². The molecule has 4 aromatic rings. The van der Waals surface area contributed by atoms with Gasteiger partial charge in [0.1, 0.15) is 4.03 Å². The minimum absolute atomic E-state index is 0.183. The minimum atomic E-state index is -0.750. The molecule has 0 aliphatic carbocycles. The maximum Gasteiger partial charge on any atom is 0.291 e. The van der Waals surface area contributed by atoms with E-state index in [9.17, 15) is 10.4 Å². The quantitative estimate of drug-likeness (QED) is 0.0867. The Hall–Kier alpha value is 0.860. The van der Waals surface area contributed by atoms with E-state index in [0.717, 1.165) is 29.3 Å². The molecule has 0 spiro atoms. The summed E-state index contributed by atoms with van der Waals surface area (Å²) < 4.78 is 3.87. The summed E-state index contributed by atoms with van der Waals surface area (Å²) in [6.07, 6.45) is 6.20. The number of halogens is 10. The lowest BCUT2D eigenvalue weighted by Crippen LogP contribution is -2.36. The Bertz CT molecular complexity index is 1210. The molecule has 0 amide bonds. The third kappa shape index (κ3) is 15.7. The van der Waals surface area contributed by atoms with E-state index in [-0.39, 0.29) is 4.03 Å². The van der Waals surface area contributed by atoms with Gasteiger partial charge in [-0.3, -0.25) is 9.97 Å². The molecule has 38 heavy (non-hydrogen) atoms. The van der Waals surface area contributed by atoms with E-state index in [2.05, 4.69) is 120 Å². The van der Waals surface area contributed by atoms with Crippen molar-refractivity contribution >= 4 is 149 Å². The van der Waals surface area contributed by atoms with Gasteiger partial charge < -0.3 is 10.4 Å². The Labute approximate surface area is 293 Å². The monoisotopic (exact) mass is 1040 g/mol. The molecule has 0 N–H and O–H groups in total. The predicted octanol–water partition coefficient (Wildman–Crippen LogP) is 11.2. The van der Waals surface area contributed by atoms with Gasteiger partial charge in [-0.1, -0.05) is 98.5 Å². The molecular weight excluding hydrogens is 1040 g/mol. The molecule has 0 radical (unpaired) electrons. The van der Waals surface area contributed by atoms with Crippen molar-refractivity contribution in [2.24, 2.45) is 0 Å². The number of hydrogen-bond donors (Lipinski definition) is 0. The van der Waals surface area contributed by atoms with Gasteiger partial charge in [0.25, 0.3) is 11.4 Å². The molecule has 4 heterocycles. The smallest absolute Gasteiger partial charge is 0.291 e. The maximum atomic E-state index is 11.6. The van der Waals surface area contributed by atoms with Crippen molar-refractivity contribution in [2.75, 3.05) is 0 Å². The van der Waals surface area contributed by atoms with Crippen LogP contribution in [0.15, 0.2) is 91.2 Å². The molecule has 0 aliphatic rings. The summed E-state index contributed by atoms with van der Waals surface area (Å²) >= 11 is 37.2. The van der Waals surface area contributed by atoms with Crippen molar-refractivity contribution in [3.8, 4) is 22.8 Å². The molecule has 6 nitrogen and oxygen atoms in total. The van der Waals surface area contributed by atoms with Gasteiger partial charge in [-0.15, -0.1) is 0 Å². The molecule has 0 unspecified atom stereocenters. The second kappa shape index (κ2) is 19.9. The summed E-state index contributed by atoms with van der Waals surface area (Å²) in [6, 6.07) is 14.1. The summed E-state index contributed by atoms with van der Waals surface area (Å²) in [6.45, 7) is 0. The van der Waals surface area contributed by atoms with Crippen LogP contribution in [0.25, 0.3) is 22.8 Å². The average Bonchev–Trinajstić information content (AvgIpc) is 2.82. The average molecular weight is 1050 g/mol. The summed E-state index contributed by atoms with van der Waals surface area (Å²) in [5, 5.41) is 23.1. The highest BCUT2D eigenvalue weighted by Gasteiger charge is 2.18. The summed E-state index contributed by atoms with van der Waals surface area (Å²) in [4.78, 5) is 8.48. The lowest BCUT2D eigenvalue weighted by Gasteiger charge is -2.05. The van der Waals surface area contributed by atoms with Crippen molar-refractivity contribution in [3.05, 3.63) is 102 Å². The molecule has 0 atom stereocenters. The van der Waals surface area contributed by atoms with Crippen molar-refractivity contribution in [1.82, 2.24) is 9.97 Å². The summed E-state index contributed by atoms with van der Waals surface area (Å²) in [5.74, 6) is 0. The second-order valence-electron chi connectivity index (χ2n) is 6.27. The lowest BCUT2D eigenvalue weighted by atomic mass is 10.2. The summed E-state index contributed by atoms with van der Waals surface area (Å²) in [7, 11) is 0. The number of hydrogen-bond acceptors (Lipinski definition) is 4. The zero-order valence-electron chi connectivity index (χ0n) is 18.3. The van der Waals surface area contributed by atoms with Crippen LogP contribution in [-0.4, -0.2) is 14.3 Å². The van der Waals surface area contributed by atoms with Crippen LogP contribution < -0.4 is 9.46 Å². The van der Waals surface area contributed by atoms with Crippen molar-refractivity contribution in [2.45, 2.75) is 4.30 Å². The van der Waals surface area contributed by atoms with E-state index >= 15 is 0 Å². The summed E-state index contributed by atoms with van der Waals surface area (Å²) in [5.41, 5.74) is 2.32. The molecule has 0 bridgehead atoms. The molecule has 0 aromatic carbocycles. The Balaban J connectivity index is 0.000000299. The third-order valence-electron chi connectivity index (χ3n) is 3.73. The van der Waals surface area contributed by atoms with E-state index in [1.165, 1.54) is 12.4 Å². The van der Waals surface area contributed by atoms with Gasteiger partial charge in [-0.2, -0.15) is 9.46 Å². The van der Waals surface area contributed by atoms with Gasteiger partial charge in [-0.05, 0) is 70.7 Å². The number of nitrogens with zero attached hydrogens (tertiary/aromatic N) is 4.